The molecule has 1 saturated heterocycles. The molecule has 4 rings (SSSR count). The highest BCUT2D eigenvalue weighted by Gasteiger charge is 2.47. The highest BCUT2D eigenvalue weighted by atomic mass is 16.5. The Labute approximate surface area is 200 Å². The SMILES string of the molecule is Cc1cc(/C(O)=C2\C(=O)C(=O)N(c3ccccc3C)C2c2ccccc2C)ccc1OC(C)C. The molecule has 1 N–H and O–H groups in total. The smallest absolute Gasteiger partial charge is 0.300 e. The molecule has 0 spiro atoms. The Bertz CT molecular complexity index is 1300. The first-order chi connectivity index (χ1) is 16.2. The van der Waals surface area contributed by atoms with Crippen LogP contribution in [-0.2, 0) is 9.59 Å². The van der Waals surface area contributed by atoms with Gasteiger partial charge < -0.3 is 9.84 Å². The van der Waals surface area contributed by atoms with E-state index in [1.165, 1.54) is 4.90 Å². The number of rotatable bonds is 5. The number of carbonyl (C=O) groups excluding carboxylic acids is 2. The topological polar surface area (TPSA) is 66.8 Å². The Morgan fingerprint density at radius 3 is 2.15 bits per heavy atom. The van der Waals surface area contributed by atoms with Crippen molar-refractivity contribution in [3.63, 3.8) is 0 Å². The van der Waals surface area contributed by atoms with Crippen molar-refractivity contribution in [2.45, 2.75) is 46.8 Å². The summed E-state index contributed by atoms with van der Waals surface area (Å²) in [5.41, 5.74) is 4.62. The molecule has 1 unspecified atom stereocenters. The molecule has 5 nitrogen and oxygen atoms in total. The highest BCUT2D eigenvalue weighted by Crippen LogP contribution is 2.44. The number of anilines is 1. The second kappa shape index (κ2) is 9.18. The molecule has 0 aromatic heterocycles. The largest absolute Gasteiger partial charge is 0.507 e. The van der Waals surface area contributed by atoms with Gasteiger partial charge in [0, 0.05) is 11.3 Å². The number of para-hydroxylation sites is 1. The second-order valence-corrected chi connectivity index (χ2v) is 8.96. The van der Waals surface area contributed by atoms with Crippen molar-refractivity contribution >= 4 is 23.1 Å². The molecule has 3 aromatic carbocycles. The van der Waals surface area contributed by atoms with Crippen LogP contribution in [0.3, 0.4) is 0 Å². The van der Waals surface area contributed by atoms with Gasteiger partial charge in [-0.15, -0.1) is 0 Å². The number of carbonyl (C=O) groups is 2. The van der Waals surface area contributed by atoms with Gasteiger partial charge in [0.1, 0.15) is 11.5 Å². The van der Waals surface area contributed by atoms with E-state index < -0.39 is 17.7 Å². The van der Waals surface area contributed by atoms with Gasteiger partial charge in [-0.3, -0.25) is 14.5 Å². The number of aliphatic hydroxyl groups is 1. The number of hydrogen-bond donors (Lipinski definition) is 1. The molecule has 1 aliphatic heterocycles. The summed E-state index contributed by atoms with van der Waals surface area (Å²) in [5.74, 6) is -0.834. The molecule has 5 heteroatoms. The lowest BCUT2D eigenvalue weighted by molar-refractivity contribution is -0.132. The van der Waals surface area contributed by atoms with Crippen molar-refractivity contribution in [2.24, 2.45) is 0 Å². The van der Waals surface area contributed by atoms with E-state index in [0.29, 0.717) is 17.0 Å². The summed E-state index contributed by atoms with van der Waals surface area (Å²) in [7, 11) is 0. The van der Waals surface area contributed by atoms with Gasteiger partial charge in [0.05, 0.1) is 17.7 Å². The normalized spacial score (nSPS) is 17.5. The third-order valence-corrected chi connectivity index (χ3v) is 6.11. The average molecular weight is 456 g/mol. The zero-order valence-electron chi connectivity index (χ0n) is 20.1. The van der Waals surface area contributed by atoms with Crippen LogP contribution in [0.4, 0.5) is 5.69 Å². The van der Waals surface area contributed by atoms with Crippen molar-refractivity contribution in [3.8, 4) is 5.75 Å². The molecule has 1 atom stereocenters. The first kappa shape index (κ1) is 23.3. The molecule has 174 valence electrons. The summed E-state index contributed by atoms with van der Waals surface area (Å²) in [6.07, 6.45) is 0.0126. The van der Waals surface area contributed by atoms with E-state index in [0.717, 1.165) is 22.3 Å². The number of aliphatic hydroxyl groups excluding tert-OH is 1. The molecule has 3 aromatic rings. The Morgan fingerprint density at radius 1 is 0.882 bits per heavy atom. The van der Waals surface area contributed by atoms with Gasteiger partial charge in [-0.05, 0) is 81.1 Å². The van der Waals surface area contributed by atoms with E-state index in [2.05, 4.69) is 0 Å². The fourth-order valence-corrected chi connectivity index (χ4v) is 4.44. The molecule has 0 aliphatic carbocycles. The predicted molar refractivity (Wildman–Crippen MR) is 134 cm³/mol. The summed E-state index contributed by atoms with van der Waals surface area (Å²) >= 11 is 0. The summed E-state index contributed by atoms with van der Waals surface area (Å²) < 4.78 is 5.81. The number of Topliss-reactive ketones (excluding diaryl/α,β-unsaturated/α-hetero) is 1. The number of hydrogen-bond acceptors (Lipinski definition) is 4. The Balaban J connectivity index is 1.93. The number of nitrogens with zero attached hydrogens (tertiary/aromatic N) is 1. The van der Waals surface area contributed by atoms with E-state index in [4.69, 9.17) is 4.74 Å². The van der Waals surface area contributed by atoms with E-state index >= 15 is 0 Å². The molecule has 1 heterocycles. The van der Waals surface area contributed by atoms with Crippen LogP contribution in [0.1, 0.15) is 47.7 Å². The third kappa shape index (κ3) is 4.10. The summed E-state index contributed by atoms with van der Waals surface area (Å²) in [5, 5.41) is 11.4. The zero-order valence-corrected chi connectivity index (χ0v) is 20.1. The van der Waals surface area contributed by atoms with Crippen LogP contribution < -0.4 is 9.64 Å². The van der Waals surface area contributed by atoms with Crippen molar-refractivity contribution in [2.75, 3.05) is 4.90 Å². The number of aryl methyl sites for hydroxylation is 3. The first-order valence-corrected chi connectivity index (χ1v) is 11.4. The molecule has 34 heavy (non-hydrogen) atoms. The minimum Gasteiger partial charge on any atom is -0.507 e. The predicted octanol–water partition coefficient (Wildman–Crippen LogP) is 6.03. The van der Waals surface area contributed by atoms with Crippen LogP contribution in [0.2, 0.25) is 0 Å². The minimum absolute atomic E-state index is 0.0126. The quantitative estimate of drug-likeness (QED) is 0.290. The molecular weight excluding hydrogens is 426 g/mol. The maximum Gasteiger partial charge on any atom is 0.300 e. The Kier molecular flexibility index (Phi) is 6.29. The van der Waals surface area contributed by atoms with Gasteiger partial charge in [-0.2, -0.15) is 0 Å². The monoisotopic (exact) mass is 455 g/mol. The van der Waals surface area contributed by atoms with Crippen molar-refractivity contribution in [1.82, 2.24) is 0 Å². The summed E-state index contributed by atoms with van der Waals surface area (Å²) in [6.45, 7) is 9.63. The number of ketones is 1. The lowest BCUT2D eigenvalue weighted by Gasteiger charge is -2.27. The number of benzene rings is 3. The van der Waals surface area contributed by atoms with Gasteiger partial charge in [0.25, 0.3) is 11.7 Å². The van der Waals surface area contributed by atoms with Crippen LogP contribution in [0.5, 0.6) is 5.75 Å². The summed E-state index contributed by atoms with van der Waals surface area (Å²) in [6, 6.07) is 19.6. The average Bonchev–Trinajstić information content (AvgIpc) is 3.05. The zero-order chi connectivity index (χ0) is 24.6. The lowest BCUT2D eigenvalue weighted by atomic mass is 9.92. The van der Waals surface area contributed by atoms with E-state index in [9.17, 15) is 14.7 Å². The number of ether oxygens (including phenoxy) is 1. The molecule has 0 radical (unpaired) electrons. The van der Waals surface area contributed by atoms with Crippen LogP contribution >= 0.6 is 0 Å². The Morgan fingerprint density at radius 2 is 1.53 bits per heavy atom. The second-order valence-electron chi connectivity index (χ2n) is 8.96. The lowest BCUT2D eigenvalue weighted by Crippen LogP contribution is -2.30. The fourth-order valence-electron chi connectivity index (χ4n) is 4.44. The first-order valence-electron chi connectivity index (χ1n) is 11.4. The van der Waals surface area contributed by atoms with Crippen molar-refractivity contribution < 1.29 is 19.4 Å². The summed E-state index contributed by atoms with van der Waals surface area (Å²) in [4.78, 5) is 28.2. The highest BCUT2D eigenvalue weighted by molar-refractivity contribution is 6.51. The number of amides is 1. The molecule has 1 amide bonds. The third-order valence-electron chi connectivity index (χ3n) is 6.11. The molecule has 1 fully saturated rings. The molecule has 0 saturated carbocycles. The van der Waals surface area contributed by atoms with Crippen LogP contribution in [0.25, 0.3) is 5.76 Å². The van der Waals surface area contributed by atoms with Crippen LogP contribution in [0, 0.1) is 20.8 Å². The molecule has 1 aliphatic rings. The minimum atomic E-state index is -0.741. The van der Waals surface area contributed by atoms with Gasteiger partial charge >= 0.3 is 0 Å². The van der Waals surface area contributed by atoms with Gasteiger partial charge in [0.15, 0.2) is 0 Å². The maximum absolute atomic E-state index is 13.4. The Hall–Kier alpha value is -3.86. The maximum atomic E-state index is 13.4. The van der Waals surface area contributed by atoms with E-state index in [1.807, 2.05) is 83.1 Å². The van der Waals surface area contributed by atoms with E-state index in [1.54, 1.807) is 18.2 Å². The standard InChI is InChI=1S/C29H29NO4/c1-17(2)34-24-15-14-21(16-20(24)5)27(31)25-26(22-12-8-6-10-18(22)3)30(29(33)28(25)32)23-13-9-7-11-19(23)4/h6-17,26,31H,1-5H3/b27-25+. The van der Waals surface area contributed by atoms with Crippen LogP contribution in [0.15, 0.2) is 72.3 Å². The van der Waals surface area contributed by atoms with E-state index in [-0.39, 0.29) is 17.4 Å². The van der Waals surface area contributed by atoms with Crippen molar-refractivity contribution in [3.05, 3.63) is 100 Å². The van der Waals surface area contributed by atoms with Gasteiger partial charge in [0.2, 0.25) is 0 Å². The van der Waals surface area contributed by atoms with Crippen molar-refractivity contribution in [1.29, 1.82) is 0 Å². The fraction of sp³-hybridized carbons (Fsp3) is 0.241. The molecule has 0 bridgehead atoms. The van der Waals surface area contributed by atoms with Gasteiger partial charge in [-0.25, -0.2) is 0 Å². The van der Waals surface area contributed by atoms with Gasteiger partial charge in [-0.1, -0.05) is 42.5 Å². The van der Waals surface area contributed by atoms with Crippen LogP contribution in [-0.4, -0.2) is 22.9 Å². The molecular formula is C29H29NO4.